The van der Waals surface area contributed by atoms with Crippen molar-refractivity contribution < 1.29 is 14.3 Å². The Kier molecular flexibility index (Phi) is 3.72. The molecule has 4 aromatic rings. The quantitative estimate of drug-likeness (QED) is 0.596. The zero-order valence-electron chi connectivity index (χ0n) is 15.0. The molecule has 7 heteroatoms. The third kappa shape index (κ3) is 2.73. The van der Waals surface area contributed by atoms with E-state index in [0.717, 1.165) is 33.9 Å². The molecule has 0 saturated carbocycles. The average Bonchev–Trinajstić information content (AvgIpc) is 3.17. The van der Waals surface area contributed by atoms with Gasteiger partial charge in [0.1, 0.15) is 11.5 Å². The number of methoxy groups -OCH3 is 1. The second kappa shape index (κ2) is 6.38. The van der Waals surface area contributed by atoms with Crippen molar-refractivity contribution in [3.63, 3.8) is 0 Å². The number of aromatic nitrogens is 3. The molecular weight excluding hydrogens is 356 g/mol. The molecular formula is C21H16N4O3. The molecule has 0 radical (unpaired) electrons. The van der Waals surface area contributed by atoms with Gasteiger partial charge >= 0.3 is 0 Å². The van der Waals surface area contributed by atoms with E-state index in [0.29, 0.717) is 11.4 Å². The summed E-state index contributed by atoms with van der Waals surface area (Å²) in [6.07, 6.45) is 1.75. The second-order valence-electron chi connectivity index (χ2n) is 6.41. The standard InChI is InChI=1S/C21H16N4O3/c1-27-15-5-2-13(3-6-15)16-11-20-22-9-8-18(25(20)24-16)14-4-7-19-17(10-14)23-21(26)12-28-19/h2-11H,12H2,1H3,(H,23,26). The Morgan fingerprint density at radius 3 is 2.71 bits per heavy atom. The van der Waals surface area contributed by atoms with Crippen LogP contribution < -0.4 is 14.8 Å². The Balaban J connectivity index is 1.59. The first-order valence-corrected chi connectivity index (χ1v) is 8.77. The first kappa shape index (κ1) is 16.3. The van der Waals surface area contributed by atoms with E-state index >= 15 is 0 Å². The van der Waals surface area contributed by atoms with Crippen molar-refractivity contribution in [1.29, 1.82) is 0 Å². The summed E-state index contributed by atoms with van der Waals surface area (Å²) in [6.45, 7) is 0.0379. The highest BCUT2D eigenvalue weighted by Gasteiger charge is 2.17. The van der Waals surface area contributed by atoms with Crippen molar-refractivity contribution in [3.05, 3.63) is 60.8 Å². The fourth-order valence-corrected chi connectivity index (χ4v) is 3.26. The molecule has 0 aliphatic carbocycles. The van der Waals surface area contributed by atoms with Crippen molar-refractivity contribution in [3.8, 4) is 34.0 Å². The lowest BCUT2D eigenvalue weighted by atomic mass is 10.1. The van der Waals surface area contributed by atoms with Gasteiger partial charge in [0.2, 0.25) is 0 Å². The van der Waals surface area contributed by atoms with E-state index in [1.54, 1.807) is 17.8 Å². The van der Waals surface area contributed by atoms with Crippen molar-refractivity contribution in [2.24, 2.45) is 0 Å². The minimum atomic E-state index is -0.162. The molecule has 0 fully saturated rings. The molecule has 1 aliphatic heterocycles. The molecule has 5 rings (SSSR count). The SMILES string of the molecule is COc1ccc(-c2cc3nccc(-c4ccc5c(c4)NC(=O)CO5)n3n2)cc1. The van der Waals surface area contributed by atoms with Crippen LogP contribution >= 0.6 is 0 Å². The number of hydrogen-bond donors (Lipinski definition) is 1. The number of nitrogens with one attached hydrogen (secondary N) is 1. The lowest BCUT2D eigenvalue weighted by Gasteiger charge is -2.18. The third-order valence-electron chi connectivity index (χ3n) is 4.65. The summed E-state index contributed by atoms with van der Waals surface area (Å²) >= 11 is 0. The summed E-state index contributed by atoms with van der Waals surface area (Å²) in [5.74, 6) is 1.29. The number of amides is 1. The van der Waals surface area contributed by atoms with Gasteiger partial charge < -0.3 is 14.8 Å². The molecule has 0 bridgehead atoms. The fraction of sp³-hybridized carbons (Fsp3) is 0.0952. The summed E-state index contributed by atoms with van der Waals surface area (Å²) in [6, 6.07) is 17.2. The molecule has 2 aromatic heterocycles. The summed E-state index contributed by atoms with van der Waals surface area (Å²) in [7, 11) is 1.64. The van der Waals surface area contributed by atoms with Crippen LogP contribution in [0.15, 0.2) is 60.8 Å². The van der Waals surface area contributed by atoms with E-state index in [2.05, 4.69) is 10.3 Å². The molecule has 0 unspecified atom stereocenters. The number of ether oxygens (including phenoxy) is 2. The van der Waals surface area contributed by atoms with Gasteiger partial charge in [0.25, 0.3) is 5.91 Å². The van der Waals surface area contributed by atoms with Crippen LogP contribution in [-0.4, -0.2) is 34.2 Å². The molecule has 138 valence electrons. The lowest BCUT2D eigenvalue weighted by molar-refractivity contribution is -0.118. The maximum atomic E-state index is 11.6. The Morgan fingerprint density at radius 2 is 1.89 bits per heavy atom. The number of anilines is 1. The van der Waals surface area contributed by atoms with E-state index in [1.165, 1.54) is 0 Å². The number of carbonyl (C=O) groups excluding carboxylic acids is 1. The molecule has 2 aromatic carbocycles. The summed E-state index contributed by atoms with van der Waals surface area (Å²) in [5, 5.41) is 7.58. The Bertz CT molecular complexity index is 1200. The predicted molar refractivity (Wildman–Crippen MR) is 105 cm³/mol. The normalized spacial score (nSPS) is 13.0. The molecule has 1 aliphatic rings. The number of hydrogen-bond acceptors (Lipinski definition) is 5. The molecule has 0 atom stereocenters. The number of benzene rings is 2. The predicted octanol–water partition coefficient (Wildman–Crippen LogP) is 3.40. The van der Waals surface area contributed by atoms with Crippen LogP contribution in [0.3, 0.4) is 0 Å². The zero-order chi connectivity index (χ0) is 19.1. The van der Waals surface area contributed by atoms with Crippen LogP contribution in [-0.2, 0) is 4.79 Å². The molecule has 0 spiro atoms. The van der Waals surface area contributed by atoms with Crippen LogP contribution in [0.4, 0.5) is 5.69 Å². The highest BCUT2D eigenvalue weighted by atomic mass is 16.5. The van der Waals surface area contributed by atoms with E-state index in [-0.39, 0.29) is 12.5 Å². The van der Waals surface area contributed by atoms with E-state index < -0.39 is 0 Å². The van der Waals surface area contributed by atoms with Gasteiger partial charge in [-0.25, -0.2) is 9.50 Å². The van der Waals surface area contributed by atoms with Crippen LogP contribution in [0.25, 0.3) is 28.2 Å². The van der Waals surface area contributed by atoms with Gasteiger partial charge in [-0.05, 0) is 48.5 Å². The smallest absolute Gasteiger partial charge is 0.262 e. The summed E-state index contributed by atoms with van der Waals surface area (Å²) < 4.78 is 12.5. The van der Waals surface area contributed by atoms with E-state index in [9.17, 15) is 4.79 Å². The minimum absolute atomic E-state index is 0.0379. The van der Waals surface area contributed by atoms with Crippen LogP contribution in [0, 0.1) is 0 Å². The monoisotopic (exact) mass is 372 g/mol. The van der Waals surface area contributed by atoms with Crippen LogP contribution in [0.5, 0.6) is 11.5 Å². The zero-order valence-corrected chi connectivity index (χ0v) is 15.0. The largest absolute Gasteiger partial charge is 0.497 e. The molecule has 7 nitrogen and oxygen atoms in total. The molecule has 3 heterocycles. The first-order valence-electron chi connectivity index (χ1n) is 8.77. The minimum Gasteiger partial charge on any atom is -0.497 e. The highest BCUT2D eigenvalue weighted by molar-refractivity contribution is 5.96. The van der Waals surface area contributed by atoms with E-state index in [4.69, 9.17) is 14.6 Å². The molecule has 1 N–H and O–H groups in total. The average molecular weight is 372 g/mol. The van der Waals surface area contributed by atoms with Crippen molar-refractivity contribution in [2.45, 2.75) is 0 Å². The van der Waals surface area contributed by atoms with Gasteiger partial charge in [0.05, 0.1) is 24.2 Å². The van der Waals surface area contributed by atoms with Crippen molar-refractivity contribution in [1.82, 2.24) is 14.6 Å². The summed E-state index contributed by atoms with van der Waals surface area (Å²) in [4.78, 5) is 16.0. The van der Waals surface area contributed by atoms with Gasteiger partial charge in [0.15, 0.2) is 12.3 Å². The van der Waals surface area contributed by atoms with Gasteiger partial charge in [-0.1, -0.05) is 0 Å². The van der Waals surface area contributed by atoms with Crippen LogP contribution in [0.2, 0.25) is 0 Å². The van der Waals surface area contributed by atoms with Crippen molar-refractivity contribution in [2.75, 3.05) is 19.0 Å². The Labute approximate surface area is 160 Å². The first-order chi connectivity index (χ1) is 13.7. The topological polar surface area (TPSA) is 77.8 Å². The van der Waals surface area contributed by atoms with Gasteiger partial charge in [-0.3, -0.25) is 4.79 Å². The lowest BCUT2D eigenvalue weighted by Crippen LogP contribution is -2.25. The molecule has 1 amide bonds. The molecule has 28 heavy (non-hydrogen) atoms. The van der Waals surface area contributed by atoms with E-state index in [1.807, 2.05) is 54.6 Å². The van der Waals surface area contributed by atoms with Gasteiger partial charge in [0, 0.05) is 23.4 Å². The third-order valence-corrected chi connectivity index (χ3v) is 4.65. The number of carbonyl (C=O) groups is 1. The van der Waals surface area contributed by atoms with Gasteiger partial charge in [-0.15, -0.1) is 0 Å². The fourth-order valence-electron chi connectivity index (χ4n) is 3.26. The number of rotatable bonds is 3. The number of nitrogens with zero attached hydrogens (tertiary/aromatic N) is 3. The second-order valence-corrected chi connectivity index (χ2v) is 6.41. The highest BCUT2D eigenvalue weighted by Crippen LogP contribution is 2.33. The summed E-state index contributed by atoms with van der Waals surface area (Å²) in [5.41, 5.74) is 4.96. The number of fused-ring (bicyclic) bond motifs is 2. The Morgan fingerprint density at radius 1 is 1.07 bits per heavy atom. The van der Waals surface area contributed by atoms with Gasteiger partial charge in [-0.2, -0.15) is 5.10 Å². The Hall–Kier alpha value is -3.87. The maximum absolute atomic E-state index is 11.6. The van der Waals surface area contributed by atoms with Crippen LogP contribution in [0.1, 0.15) is 0 Å². The molecule has 0 saturated heterocycles. The maximum Gasteiger partial charge on any atom is 0.262 e. The van der Waals surface area contributed by atoms with Crippen molar-refractivity contribution >= 4 is 17.2 Å².